The molecule has 90 valence electrons. The summed E-state index contributed by atoms with van der Waals surface area (Å²) in [7, 11) is 1.69. The third-order valence-electron chi connectivity index (χ3n) is 2.35. The minimum atomic E-state index is -0.124. The predicted molar refractivity (Wildman–Crippen MR) is 59.8 cm³/mol. The van der Waals surface area contributed by atoms with Crippen molar-refractivity contribution in [2.45, 2.75) is 33.2 Å². The number of carbonyl (C=O) groups excluding carboxylic acids is 1. The van der Waals surface area contributed by atoms with E-state index in [0.29, 0.717) is 25.7 Å². The number of methoxy groups -OCH3 is 1. The van der Waals surface area contributed by atoms with Crippen LogP contribution in [0.25, 0.3) is 0 Å². The van der Waals surface area contributed by atoms with E-state index in [1.54, 1.807) is 7.11 Å². The Labute approximate surface area is 92.5 Å². The van der Waals surface area contributed by atoms with E-state index in [1.165, 1.54) is 0 Å². The van der Waals surface area contributed by atoms with Gasteiger partial charge in [0.15, 0.2) is 0 Å². The molecule has 4 heteroatoms. The largest absolute Gasteiger partial charge is 0.466 e. The van der Waals surface area contributed by atoms with E-state index in [-0.39, 0.29) is 5.97 Å². The maximum Gasteiger partial charge on any atom is 0.307 e. The minimum absolute atomic E-state index is 0.124. The van der Waals surface area contributed by atoms with Crippen LogP contribution in [0, 0.1) is 0 Å². The summed E-state index contributed by atoms with van der Waals surface area (Å²) in [6.07, 6.45) is 0.454. The molecule has 0 N–H and O–H groups in total. The summed E-state index contributed by atoms with van der Waals surface area (Å²) in [5, 5.41) is 0. The molecule has 1 atom stereocenters. The second-order valence-corrected chi connectivity index (χ2v) is 3.49. The fraction of sp³-hybridized carbons (Fsp3) is 0.909. The molecule has 0 heterocycles. The van der Waals surface area contributed by atoms with Crippen LogP contribution in [0.2, 0.25) is 0 Å². The molecule has 0 spiro atoms. The molecule has 0 aromatic heterocycles. The lowest BCUT2D eigenvalue weighted by Crippen LogP contribution is -2.37. The minimum Gasteiger partial charge on any atom is -0.466 e. The van der Waals surface area contributed by atoms with E-state index in [2.05, 4.69) is 18.7 Å². The van der Waals surface area contributed by atoms with Gasteiger partial charge in [-0.25, -0.2) is 0 Å². The fourth-order valence-corrected chi connectivity index (χ4v) is 1.50. The Morgan fingerprint density at radius 1 is 1.40 bits per heavy atom. The van der Waals surface area contributed by atoms with Crippen LogP contribution in [0.3, 0.4) is 0 Å². The first-order valence-corrected chi connectivity index (χ1v) is 5.54. The highest BCUT2D eigenvalue weighted by molar-refractivity contribution is 5.69. The van der Waals surface area contributed by atoms with Crippen molar-refractivity contribution >= 4 is 5.97 Å². The zero-order valence-corrected chi connectivity index (χ0v) is 10.3. The van der Waals surface area contributed by atoms with Crippen molar-refractivity contribution in [1.29, 1.82) is 0 Å². The molecule has 0 fully saturated rings. The van der Waals surface area contributed by atoms with Gasteiger partial charge in [-0.2, -0.15) is 0 Å². The van der Waals surface area contributed by atoms with Crippen molar-refractivity contribution in [2.24, 2.45) is 0 Å². The predicted octanol–water partition coefficient (Wildman–Crippen LogP) is 1.30. The molecule has 15 heavy (non-hydrogen) atoms. The number of hydrogen-bond acceptors (Lipinski definition) is 4. The molecule has 0 aromatic carbocycles. The van der Waals surface area contributed by atoms with Gasteiger partial charge in [0, 0.05) is 19.7 Å². The molecule has 0 aliphatic heterocycles. The monoisotopic (exact) mass is 217 g/mol. The molecular weight excluding hydrogens is 194 g/mol. The summed E-state index contributed by atoms with van der Waals surface area (Å²) in [6.45, 7) is 8.80. The summed E-state index contributed by atoms with van der Waals surface area (Å²) >= 11 is 0. The summed E-state index contributed by atoms with van der Waals surface area (Å²) in [4.78, 5) is 13.4. The third kappa shape index (κ3) is 6.47. The molecule has 0 saturated carbocycles. The number of nitrogens with zero attached hydrogens (tertiary/aromatic N) is 1. The van der Waals surface area contributed by atoms with Crippen LogP contribution < -0.4 is 0 Å². The van der Waals surface area contributed by atoms with E-state index in [1.807, 2.05) is 6.92 Å². The topological polar surface area (TPSA) is 38.8 Å². The maximum atomic E-state index is 11.2. The van der Waals surface area contributed by atoms with Crippen LogP contribution in [0.1, 0.15) is 27.2 Å². The first kappa shape index (κ1) is 14.4. The normalized spacial score (nSPS) is 12.9. The SMILES string of the molecule is CCOC(=O)CCN(CC)C(C)COC. The lowest BCUT2D eigenvalue weighted by atomic mass is 10.2. The average molecular weight is 217 g/mol. The molecule has 0 rings (SSSR count). The Morgan fingerprint density at radius 2 is 2.07 bits per heavy atom. The van der Waals surface area contributed by atoms with Gasteiger partial charge in [-0.05, 0) is 20.4 Å². The van der Waals surface area contributed by atoms with Crippen LogP contribution in [-0.2, 0) is 14.3 Å². The van der Waals surface area contributed by atoms with Gasteiger partial charge in [0.25, 0.3) is 0 Å². The van der Waals surface area contributed by atoms with Crippen LogP contribution >= 0.6 is 0 Å². The van der Waals surface area contributed by atoms with E-state index < -0.39 is 0 Å². The molecule has 0 bridgehead atoms. The zero-order chi connectivity index (χ0) is 11.7. The van der Waals surface area contributed by atoms with Crippen molar-refractivity contribution in [3.05, 3.63) is 0 Å². The standard InChI is InChI=1S/C11H23NO3/c1-5-12(10(3)9-14-4)8-7-11(13)15-6-2/h10H,5-9H2,1-4H3. The number of rotatable bonds is 8. The Kier molecular flexibility index (Phi) is 8.33. The quantitative estimate of drug-likeness (QED) is 0.574. The highest BCUT2D eigenvalue weighted by atomic mass is 16.5. The van der Waals surface area contributed by atoms with Gasteiger partial charge < -0.3 is 9.47 Å². The Morgan fingerprint density at radius 3 is 2.53 bits per heavy atom. The van der Waals surface area contributed by atoms with E-state index in [9.17, 15) is 4.79 Å². The molecular formula is C11H23NO3. The van der Waals surface area contributed by atoms with Crippen molar-refractivity contribution in [3.63, 3.8) is 0 Å². The van der Waals surface area contributed by atoms with Gasteiger partial charge in [0.2, 0.25) is 0 Å². The first-order valence-electron chi connectivity index (χ1n) is 5.54. The van der Waals surface area contributed by atoms with Gasteiger partial charge in [-0.3, -0.25) is 9.69 Å². The molecule has 0 aliphatic carbocycles. The van der Waals surface area contributed by atoms with Gasteiger partial charge in [0.1, 0.15) is 0 Å². The lowest BCUT2D eigenvalue weighted by Gasteiger charge is -2.26. The number of ether oxygens (including phenoxy) is 2. The Bertz CT molecular complexity index is 173. The van der Waals surface area contributed by atoms with Crippen molar-refractivity contribution in [3.8, 4) is 0 Å². The first-order chi connectivity index (χ1) is 7.15. The number of carbonyl (C=O) groups is 1. The molecule has 0 saturated heterocycles. The summed E-state index contributed by atoms with van der Waals surface area (Å²) in [5.41, 5.74) is 0. The summed E-state index contributed by atoms with van der Waals surface area (Å²) < 4.78 is 9.96. The number of likely N-dealkylation sites (N-methyl/N-ethyl adjacent to an activating group) is 1. The second kappa shape index (κ2) is 8.68. The molecule has 4 nitrogen and oxygen atoms in total. The van der Waals surface area contributed by atoms with E-state index in [0.717, 1.165) is 13.1 Å². The molecule has 0 aromatic rings. The number of hydrogen-bond donors (Lipinski definition) is 0. The maximum absolute atomic E-state index is 11.2. The summed E-state index contributed by atoms with van der Waals surface area (Å²) in [5.74, 6) is -0.124. The van der Waals surface area contributed by atoms with Crippen LogP contribution in [0.4, 0.5) is 0 Å². The number of esters is 1. The van der Waals surface area contributed by atoms with E-state index >= 15 is 0 Å². The molecule has 0 amide bonds. The van der Waals surface area contributed by atoms with Crippen molar-refractivity contribution < 1.29 is 14.3 Å². The van der Waals surface area contributed by atoms with E-state index in [4.69, 9.17) is 9.47 Å². The zero-order valence-electron chi connectivity index (χ0n) is 10.3. The smallest absolute Gasteiger partial charge is 0.307 e. The Balaban J connectivity index is 3.83. The van der Waals surface area contributed by atoms with Crippen LogP contribution in [0.5, 0.6) is 0 Å². The molecule has 0 radical (unpaired) electrons. The summed E-state index contributed by atoms with van der Waals surface area (Å²) in [6, 6.07) is 0.342. The third-order valence-corrected chi connectivity index (χ3v) is 2.35. The van der Waals surface area contributed by atoms with Crippen LogP contribution in [-0.4, -0.2) is 50.3 Å². The molecule has 1 unspecified atom stereocenters. The van der Waals surface area contributed by atoms with Gasteiger partial charge in [-0.1, -0.05) is 6.92 Å². The van der Waals surface area contributed by atoms with Gasteiger partial charge in [0.05, 0.1) is 19.6 Å². The fourth-order valence-electron chi connectivity index (χ4n) is 1.50. The van der Waals surface area contributed by atoms with Crippen molar-refractivity contribution in [2.75, 3.05) is 33.4 Å². The van der Waals surface area contributed by atoms with Crippen molar-refractivity contribution in [1.82, 2.24) is 4.90 Å². The highest BCUT2D eigenvalue weighted by Crippen LogP contribution is 2.01. The second-order valence-electron chi connectivity index (χ2n) is 3.49. The molecule has 0 aliphatic rings. The highest BCUT2D eigenvalue weighted by Gasteiger charge is 2.13. The Hall–Kier alpha value is -0.610. The van der Waals surface area contributed by atoms with Crippen LogP contribution in [0.15, 0.2) is 0 Å². The average Bonchev–Trinajstić information content (AvgIpc) is 2.19. The van der Waals surface area contributed by atoms with Gasteiger partial charge in [-0.15, -0.1) is 0 Å². The lowest BCUT2D eigenvalue weighted by molar-refractivity contribution is -0.143. The van der Waals surface area contributed by atoms with Gasteiger partial charge >= 0.3 is 5.97 Å².